The van der Waals surface area contributed by atoms with Gasteiger partial charge >= 0.3 is 0 Å². The molecule has 0 radical (unpaired) electrons. The zero-order valence-electron chi connectivity index (χ0n) is 8.22. The number of aldehydes is 1. The molecule has 1 N–H and O–H groups in total. The van der Waals surface area contributed by atoms with Gasteiger partial charge in [-0.15, -0.1) is 0 Å². The van der Waals surface area contributed by atoms with Crippen molar-refractivity contribution in [3.63, 3.8) is 0 Å². The molecule has 0 heterocycles. The van der Waals surface area contributed by atoms with E-state index in [1.54, 1.807) is 6.08 Å². The summed E-state index contributed by atoms with van der Waals surface area (Å²) in [7, 11) is 1.83. The summed E-state index contributed by atoms with van der Waals surface area (Å²) < 4.78 is 0. The lowest BCUT2D eigenvalue weighted by atomic mass is 9.86. The van der Waals surface area contributed by atoms with Crippen molar-refractivity contribution in [3.05, 3.63) is 23.9 Å². The first-order valence-electron chi connectivity index (χ1n) is 4.02. The van der Waals surface area contributed by atoms with Gasteiger partial charge in [-0.3, -0.25) is 4.79 Å². The van der Waals surface area contributed by atoms with Gasteiger partial charge in [0.05, 0.1) is 0 Å². The van der Waals surface area contributed by atoms with Crippen LogP contribution in [0.3, 0.4) is 0 Å². The van der Waals surface area contributed by atoms with Crippen LogP contribution in [0.1, 0.15) is 20.8 Å². The minimum absolute atomic E-state index is 0.0221. The maximum absolute atomic E-state index is 10.3. The summed E-state index contributed by atoms with van der Waals surface area (Å²) in [6.45, 7) is 6.22. The highest BCUT2D eigenvalue weighted by molar-refractivity contribution is 5.67. The lowest BCUT2D eigenvalue weighted by Gasteiger charge is -2.19. The van der Waals surface area contributed by atoms with Gasteiger partial charge in [-0.1, -0.05) is 20.8 Å². The van der Waals surface area contributed by atoms with Gasteiger partial charge in [0.25, 0.3) is 0 Å². The Morgan fingerprint density at radius 1 is 1.33 bits per heavy atom. The molecular formula is C10H17NO. The van der Waals surface area contributed by atoms with Gasteiger partial charge in [0.15, 0.2) is 0 Å². The standard InChI is InChI=1S/C10H17NO/c1-10(2,3)9(6-8-12)5-7-11-4/h5-8,11H,1-4H3/b7-5-,9-6+. The van der Waals surface area contributed by atoms with Gasteiger partial charge in [-0.25, -0.2) is 0 Å². The van der Waals surface area contributed by atoms with E-state index in [2.05, 4.69) is 26.1 Å². The van der Waals surface area contributed by atoms with Crippen molar-refractivity contribution in [2.24, 2.45) is 5.41 Å². The number of carbonyl (C=O) groups excluding carboxylic acids is 1. The van der Waals surface area contributed by atoms with Crippen LogP contribution in [0, 0.1) is 5.41 Å². The molecule has 0 saturated carbocycles. The summed E-state index contributed by atoms with van der Waals surface area (Å²) in [4.78, 5) is 10.3. The number of allylic oxidation sites excluding steroid dienone is 3. The predicted molar refractivity (Wildman–Crippen MR) is 51.8 cm³/mol. The molecule has 0 atom stereocenters. The highest BCUT2D eigenvalue weighted by atomic mass is 16.1. The molecule has 0 rings (SSSR count). The van der Waals surface area contributed by atoms with E-state index in [9.17, 15) is 4.79 Å². The third-order valence-corrected chi connectivity index (χ3v) is 1.54. The number of hydrogen-bond acceptors (Lipinski definition) is 2. The van der Waals surface area contributed by atoms with Gasteiger partial charge in [0, 0.05) is 7.05 Å². The molecule has 0 unspecified atom stereocenters. The van der Waals surface area contributed by atoms with Crippen molar-refractivity contribution < 1.29 is 4.79 Å². The third-order valence-electron chi connectivity index (χ3n) is 1.54. The lowest BCUT2D eigenvalue weighted by molar-refractivity contribution is -0.104. The second kappa shape index (κ2) is 4.75. The largest absolute Gasteiger partial charge is 0.394 e. The molecule has 0 aliphatic rings. The fourth-order valence-corrected chi connectivity index (χ4v) is 0.802. The van der Waals surface area contributed by atoms with Crippen molar-refractivity contribution >= 4 is 6.29 Å². The molecule has 68 valence electrons. The zero-order valence-corrected chi connectivity index (χ0v) is 8.22. The van der Waals surface area contributed by atoms with Crippen LogP contribution >= 0.6 is 0 Å². The van der Waals surface area contributed by atoms with Gasteiger partial charge in [-0.05, 0) is 29.3 Å². The van der Waals surface area contributed by atoms with Crippen LogP contribution in [0.5, 0.6) is 0 Å². The summed E-state index contributed by atoms with van der Waals surface area (Å²) in [5.41, 5.74) is 1.04. The number of hydrogen-bond donors (Lipinski definition) is 1. The van der Waals surface area contributed by atoms with Crippen LogP contribution in [0.25, 0.3) is 0 Å². The predicted octanol–water partition coefficient (Wildman–Crippen LogP) is 1.89. The Labute approximate surface area is 74.4 Å². The van der Waals surface area contributed by atoms with E-state index in [0.717, 1.165) is 11.9 Å². The van der Waals surface area contributed by atoms with Gasteiger partial charge < -0.3 is 5.32 Å². The van der Waals surface area contributed by atoms with Crippen LogP contribution in [0.15, 0.2) is 23.9 Å². The molecular weight excluding hydrogens is 150 g/mol. The molecule has 12 heavy (non-hydrogen) atoms. The van der Waals surface area contributed by atoms with Crippen LogP contribution < -0.4 is 5.32 Å². The molecule has 0 aromatic carbocycles. The van der Waals surface area contributed by atoms with Crippen molar-refractivity contribution in [1.82, 2.24) is 5.32 Å². The number of carbonyl (C=O) groups is 1. The Bertz CT molecular complexity index is 196. The number of nitrogens with one attached hydrogen (secondary N) is 1. The van der Waals surface area contributed by atoms with E-state index in [0.29, 0.717) is 0 Å². The molecule has 0 aromatic heterocycles. The van der Waals surface area contributed by atoms with Gasteiger partial charge in [0.1, 0.15) is 6.29 Å². The monoisotopic (exact) mass is 167 g/mol. The van der Waals surface area contributed by atoms with Crippen molar-refractivity contribution in [2.75, 3.05) is 7.05 Å². The first-order valence-corrected chi connectivity index (χ1v) is 4.02. The summed E-state index contributed by atoms with van der Waals surface area (Å²) >= 11 is 0. The average molecular weight is 167 g/mol. The van der Waals surface area contributed by atoms with Gasteiger partial charge in [-0.2, -0.15) is 0 Å². The van der Waals surface area contributed by atoms with Crippen LogP contribution in [-0.2, 0) is 4.79 Å². The second-order valence-corrected chi connectivity index (χ2v) is 3.63. The molecule has 2 nitrogen and oxygen atoms in total. The molecule has 0 aliphatic heterocycles. The Balaban J connectivity index is 4.57. The molecule has 0 aromatic rings. The fourth-order valence-electron chi connectivity index (χ4n) is 0.802. The van der Waals surface area contributed by atoms with Crippen molar-refractivity contribution in [1.29, 1.82) is 0 Å². The van der Waals surface area contributed by atoms with E-state index in [4.69, 9.17) is 0 Å². The minimum Gasteiger partial charge on any atom is -0.394 e. The summed E-state index contributed by atoms with van der Waals surface area (Å²) in [6.07, 6.45) is 6.14. The number of rotatable bonds is 3. The average Bonchev–Trinajstić information content (AvgIpc) is 1.95. The molecule has 0 spiro atoms. The van der Waals surface area contributed by atoms with Gasteiger partial charge in [0.2, 0.25) is 0 Å². The second-order valence-electron chi connectivity index (χ2n) is 3.63. The Hall–Kier alpha value is -1.05. The molecule has 0 fully saturated rings. The van der Waals surface area contributed by atoms with Crippen LogP contribution in [-0.4, -0.2) is 13.3 Å². The first kappa shape index (κ1) is 11.0. The molecule has 0 saturated heterocycles. The maximum Gasteiger partial charge on any atom is 0.143 e. The quantitative estimate of drug-likeness (QED) is 0.395. The molecule has 2 heteroatoms. The van der Waals surface area contributed by atoms with E-state index in [-0.39, 0.29) is 5.41 Å². The van der Waals surface area contributed by atoms with E-state index in [1.807, 2.05) is 19.3 Å². The Kier molecular flexibility index (Phi) is 4.34. The third kappa shape index (κ3) is 3.96. The highest BCUT2D eigenvalue weighted by Gasteiger charge is 2.13. The zero-order chi connectivity index (χ0) is 9.61. The van der Waals surface area contributed by atoms with Crippen LogP contribution in [0.2, 0.25) is 0 Å². The minimum atomic E-state index is 0.0221. The molecule has 0 amide bonds. The fraction of sp³-hybridized carbons (Fsp3) is 0.500. The summed E-state index contributed by atoms with van der Waals surface area (Å²) in [5, 5.41) is 2.89. The summed E-state index contributed by atoms with van der Waals surface area (Å²) in [5.74, 6) is 0. The molecule has 0 aliphatic carbocycles. The SMILES string of the molecule is CN/C=C\C(=C/C=O)C(C)(C)C. The Morgan fingerprint density at radius 2 is 1.92 bits per heavy atom. The molecule has 0 bridgehead atoms. The smallest absolute Gasteiger partial charge is 0.143 e. The lowest BCUT2D eigenvalue weighted by Crippen LogP contribution is -2.08. The summed E-state index contributed by atoms with van der Waals surface area (Å²) in [6, 6.07) is 0. The van der Waals surface area contributed by atoms with Crippen molar-refractivity contribution in [2.45, 2.75) is 20.8 Å². The van der Waals surface area contributed by atoms with Crippen molar-refractivity contribution in [3.8, 4) is 0 Å². The Morgan fingerprint density at radius 3 is 2.25 bits per heavy atom. The topological polar surface area (TPSA) is 29.1 Å². The van der Waals surface area contributed by atoms with E-state index >= 15 is 0 Å². The van der Waals surface area contributed by atoms with E-state index in [1.165, 1.54) is 0 Å². The maximum atomic E-state index is 10.3. The normalized spacial score (nSPS) is 13.5. The highest BCUT2D eigenvalue weighted by Crippen LogP contribution is 2.25. The first-order chi connectivity index (χ1) is 5.52. The van der Waals surface area contributed by atoms with Crippen LogP contribution in [0.4, 0.5) is 0 Å². The van der Waals surface area contributed by atoms with E-state index < -0.39 is 0 Å².